The van der Waals surface area contributed by atoms with Gasteiger partial charge in [-0.1, -0.05) is 0 Å². The van der Waals surface area contributed by atoms with Gasteiger partial charge in [0.15, 0.2) is 11.5 Å². The number of hydrogen-bond acceptors (Lipinski definition) is 7. The van der Waals surface area contributed by atoms with Crippen LogP contribution < -0.4 is 16.0 Å². The minimum Gasteiger partial charge on any atom is -0.460 e. The molecule has 10 heteroatoms. The Balaban J connectivity index is 0.000000241. The molecule has 2 fully saturated rings. The third kappa shape index (κ3) is 10.3. The van der Waals surface area contributed by atoms with E-state index in [0.717, 1.165) is 45.7 Å². The topological polar surface area (TPSA) is 99.8 Å². The van der Waals surface area contributed by atoms with Crippen molar-refractivity contribution in [1.29, 1.82) is 0 Å². The first-order valence-corrected chi connectivity index (χ1v) is 10.2. The molecule has 0 unspecified atom stereocenters. The van der Waals surface area contributed by atoms with E-state index in [-0.39, 0.29) is 24.1 Å². The lowest BCUT2D eigenvalue weighted by molar-refractivity contribution is 0.0734. The normalized spacial score (nSPS) is 16.4. The standard InChI is InChI=1S/C10H14N2O2.C5H3ClO2.C5H12N2.ClH/c13-10(9-3-1-8-14-9)12-6-2-4-11-5-7-12;6-5(7)4-2-1-3-8-4;1-2-6-4-5-7-3-1;/h1,3,8,11H,2,4-7H2;1-3H;6-7H,1-5H2;1H. The van der Waals surface area contributed by atoms with E-state index >= 15 is 0 Å². The molecule has 2 aliphatic rings. The lowest BCUT2D eigenvalue weighted by Crippen LogP contribution is -2.33. The molecular weight excluding hydrogens is 431 g/mol. The maximum atomic E-state index is 11.8. The van der Waals surface area contributed by atoms with Crippen LogP contribution >= 0.6 is 24.0 Å². The highest BCUT2D eigenvalue weighted by Gasteiger charge is 2.18. The molecule has 2 saturated heterocycles. The average molecular weight is 461 g/mol. The second-order valence-corrected chi connectivity index (χ2v) is 6.82. The van der Waals surface area contributed by atoms with Gasteiger partial charge in [0.1, 0.15) is 0 Å². The Morgan fingerprint density at radius 2 is 1.37 bits per heavy atom. The summed E-state index contributed by atoms with van der Waals surface area (Å²) in [6.07, 6.45) is 5.21. The van der Waals surface area contributed by atoms with Crippen LogP contribution in [0.25, 0.3) is 0 Å². The molecule has 0 saturated carbocycles. The molecule has 2 aliphatic heterocycles. The largest absolute Gasteiger partial charge is 0.460 e. The highest BCUT2D eigenvalue weighted by molar-refractivity contribution is 6.67. The maximum absolute atomic E-state index is 11.8. The second-order valence-electron chi connectivity index (χ2n) is 6.48. The van der Waals surface area contributed by atoms with E-state index in [0.29, 0.717) is 5.76 Å². The zero-order valence-corrected chi connectivity index (χ0v) is 18.5. The van der Waals surface area contributed by atoms with E-state index < -0.39 is 5.24 Å². The van der Waals surface area contributed by atoms with Crippen molar-refractivity contribution in [2.75, 3.05) is 52.4 Å². The zero-order chi connectivity index (χ0) is 20.7. The van der Waals surface area contributed by atoms with Crippen molar-refractivity contribution in [2.24, 2.45) is 0 Å². The molecule has 8 nitrogen and oxygen atoms in total. The zero-order valence-electron chi connectivity index (χ0n) is 16.9. The summed E-state index contributed by atoms with van der Waals surface area (Å²) in [6, 6.07) is 6.56. The minimum atomic E-state index is -0.560. The van der Waals surface area contributed by atoms with Gasteiger partial charge in [0.2, 0.25) is 0 Å². The monoisotopic (exact) mass is 460 g/mol. The number of nitrogens with one attached hydrogen (secondary N) is 3. The van der Waals surface area contributed by atoms with Gasteiger partial charge in [0.25, 0.3) is 11.1 Å². The number of rotatable bonds is 2. The van der Waals surface area contributed by atoms with Gasteiger partial charge >= 0.3 is 0 Å². The van der Waals surface area contributed by atoms with E-state index in [1.54, 1.807) is 18.2 Å². The van der Waals surface area contributed by atoms with Gasteiger partial charge in [-0.2, -0.15) is 0 Å². The Morgan fingerprint density at radius 3 is 1.90 bits per heavy atom. The third-order valence-electron chi connectivity index (χ3n) is 4.26. The molecule has 4 rings (SSSR count). The molecule has 1 amide bonds. The highest BCUT2D eigenvalue weighted by atomic mass is 35.5. The van der Waals surface area contributed by atoms with E-state index in [1.165, 1.54) is 38.1 Å². The van der Waals surface area contributed by atoms with Gasteiger partial charge in [-0.3, -0.25) is 9.59 Å². The second kappa shape index (κ2) is 15.9. The van der Waals surface area contributed by atoms with Crippen LogP contribution in [0.1, 0.15) is 34.0 Å². The fraction of sp³-hybridized carbons (Fsp3) is 0.500. The predicted molar refractivity (Wildman–Crippen MR) is 119 cm³/mol. The number of hydrogen-bond donors (Lipinski definition) is 3. The summed E-state index contributed by atoms with van der Waals surface area (Å²) in [6.45, 7) is 8.08. The van der Waals surface area contributed by atoms with Crippen molar-refractivity contribution >= 4 is 35.2 Å². The predicted octanol–water partition coefficient (Wildman–Crippen LogP) is 2.36. The Kier molecular flexibility index (Phi) is 13.9. The average Bonchev–Trinajstić information content (AvgIpc) is 3.31. The molecule has 2 aromatic rings. The van der Waals surface area contributed by atoms with Gasteiger partial charge in [-0.05, 0) is 68.3 Å². The number of nitrogens with zero attached hydrogens (tertiary/aromatic N) is 1. The number of amides is 1. The van der Waals surface area contributed by atoms with Crippen LogP contribution in [0.4, 0.5) is 0 Å². The first-order chi connectivity index (χ1) is 14.2. The lowest BCUT2D eigenvalue weighted by Gasteiger charge is -2.18. The van der Waals surface area contributed by atoms with Gasteiger partial charge in [-0.15, -0.1) is 12.4 Å². The molecule has 0 spiro atoms. The number of halogens is 2. The van der Waals surface area contributed by atoms with Gasteiger partial charge in [0, 0.05) is 32.7 Å². The molecule has 30 heavy (non-hydrogen) atoms. The molecule has 168 valence electrons. The Bertz CT molecular complexity index is 668. The van der Waals surface area contributed by atoms with Crippen molar-refractivity contribution in [3.63, 3.8) is 0 Å². The summed E-state index contributed by atoms with van der Waals surface area (Å²) in [7, 11) is 0. The van der Waals surface area contributed by atoms with Crippen LogP contribution in [0.3, 0.4) is 0 Å². The smallest absolute Gasteiger partial charge is 0.289 e. The van der Waals surface area contributed by atoms with Crippen LogP contribution in [0.15, 0.2) is 45.6 Å². The number of carbonyl (C=O) groups excluding carboxylic acids is 2. The van der Waals surface area contributed by atoms with Crippen LogP contribution in [0.5, 0.6) is 0 Å². The first kappa shape index (κ1) is 26.2. The van der Waals surface area contributed by atoms with Gasteiger partial charge < -0.3 is 29.7 Å². The fourth-order valence-electron chi connectivity index (χ4n) is 2.76. The maximum Gasteiger partial charge on any atom is 0.289 e. The summed E-state index contributed by atoms with van der Waals surface area (Å²) in [4.78, 5) is 23.8. The summed E-state index contributed by atoms with van der Waals surface area (Å²) < 4.78 is 9.69. The van der Waals surface area contributed by atoms with Crippen molar-refractivity contribution in [3.8, 4) is 0 Å². The van der Waals surface area contributed by atoms with Crippen molar-refractivity contribution < 1.29 is 18.4 Å². The first-order valence-electron chi connectivity index (χ1n) is 9.86. The minimum absolute atomic E-state index is 0. The Hall–Kier alpha value is -1.84. The highest BCUT2D eigenvalue weighted by Crippen LogP contribution is 2.07. The molecular formula is C20H30Cl2N4O4. The van der Waals surface area contributed by atoms with Crippen LogP contribution in [0, 0.1) is 0 Å². The van der Waals surface area contributed by atoms with Crippen LogP contribution in [0.2, 0.25) is 0 Å². The van der Waals surface area contributed by atoms with Crippen LogP contribution in [-0.2, 0) is 0 Å². The molecule has 2 aromatic heterocycles. The summed E-state index contributed by atoms with van der Waals surface area (Å²) in [5, 5.41) is 9.26. The van der Waals surface area contributed by atoms with Crippen LogP contribution in [-0.4, -0.2) is 68.4 Å². The number of furan rings is 2. The van der Waals surface area contributed by atoms with Crippen molar-refractivity contribution in [1.82, 2.24) is 20.9 Å². The van der Waals surface area contributed by atoms with Gasteiger partial charge in [-0.25, -0.2) is 0 Å². The molecule has 3 N–H and O–H groups in total. The molecule has 4 heterocycles. The fourth-order valence-corrected chi connectivity index (χ4v) is 2.87. The third-order valence-corrected chi connectivity index (χ3v) is 4.45. The van der Waals surface area contributed by atoms with Crippen molar-refractivity contribution in [3.05, 3.63) is 48.3 Å². The summed E-state index contributed by atoms with van der Waals surface area (Å²) in [5.74, 6) is 0.622. The van der Waals surface area contributed by atoms with E-state index in [9.17, 15) is 9.59 Å². The molecule has 0 atom stereocenters. The van der Waals surface area contributed by atoms with Gasteiger partial charge in [0.05, 0.1) is 12.5 Å². The van der Waals surface area contributed by atoms with Crippen molar-refractivity contribution in [2.45, 2.75) is 12.8 Å². The quantitative estimate of drug-likeness (QED) is 0.591. The molecule has 0 bridgehead atoms. The summed E-state index contributed by atoms with van der Waals surface area (Å²) in [5.41, 5.74) is 0. The molecule has 0 aliphatic carbocycles. The van der Waals surface area contributed by atoms with E-state index in [2.05, 4.69) is 20.4 Å². The lowest BCUT2D eigenvalue weighted by atomic mass is 10.3. The Morgan fingerprint density at radius 1 is 0.800 bits per heavy atom. The van der Waals surface area contributed by atoms with E-state index in [4.69, 9.17) is 16.0 Å². The van der Waals surface area contributed by atoms with E-state index in [1.807, 2.05) is 4.90 Å². The Labute approximate surface area is 188 Å². The summed E-state index contributed by atoms with van der Waals surface area (Å²) >= 11 is 5.01. The molecule has 0 aromatic carbocycles. The SMILES string of the molecule is C1CNCCNC1.Cl.O=C(Cl)c1ccco1.O=C(c1ccco1)N1CCCNCC1. The molecule has 0 radical (unpaired) electrons. The number of carbonyl (C=O) groups is 2.